The van der Waals surface area contributed by atoms with Crippen LogP contribution < -0.4 is 23.7 Å². The smallest absolute Gasteiger partial charge is 0.457 e. The number of ether oxygens (including phenoxy) is 5. The van der Waals surface area contributed by atoms with Gasteiger partial charge in [-0.3, -0.25) is 0 Å². The van der Waals surface area contributed by atoms with E-state index in [1.165, 1.54) is 12.1 Å². The van der Waals surface area contributed by atoms with Gasteiger partial charge in [0.25, 0.3) is 19.7 Å². The Morgan fingerprint density at radius 1 is 0.288 bits per heavy atom. The summed E-state index contributed by atoms with van der Waals surface area (Å²) in [5, 5.41) is -12.1. The molecule has 8 aromatic rings. The Morgan fingerprint density at radius 2 is 0.575 bits per heavy atom. The van der Waals surface area contributed by atoms with E-state index in [0.29, 0.717) is 81.0 Å². The number of rotatable bonds is 16. The lowest BCUT2D eigenvalue weighted by atomic mass is 10.0. The SMILES string of the molecule is O=S(=O)(c1ccc(Oc2cccc(-c3ccc(Oc4ccc(-c5cccc(Oc6ccc(S(=O)(=O)C(F)(F)C(F)(F)F)cc6)c5)c(Oc5ccccc5)c4)cc3Oc3ccccc3)c2)cc1)C(F)(F)C(F)(F)F. The number of sulfone groups is 2. The molecule has 0 aliphatic rings. The highest BCUT2D eigenvalue weighted by atomic mass is 32.2. The normalized spacial score (nSPS) is 12.5. The molecule has 0 heterocycles. The summed E-state index contributed by atoms with van der Waals surface area (Å²) in [6.07, 6.45) is -12.7. The summed E-state index contributed by atoms with van der Waals surface area (Å²) in [5.41, 5.74) is 2.10. The molecule has 0 aliphatic heterocycles. The van der Waals surface area contributed by atoms with Gasteiger partial charge in [0.05, 0.1) is 9.79 Å². The molecule has 0 saturated heterocycles. The zero-order chi connectivity index (χ0) is 52.4. The van der Waals surface area contributed by atoms with E-state index in [4.69, 9.17) is 23.7 Å². The lowest BCUT2D eigenvalue weighted by molar-refractivity contribution is -0.241. The molecule has 73 heavy (non-hydrogen) atoms. The first-order valence-electron chi connectivity index (χ1n) is 21.0. The average molecular weight is 1050 g/mol. The van der Waals surface area contributed by atoms with Crippen molar-refractivity contribution < 1.29 is 84.4 Å². The lowest BCUT2D eigenvalue weighted by Gasteiger charge is -2.19. The van der Waals surface area contributed by atoms with Crippen LogP contribution in [0.25, 0.3) is 22.3 Å². The second-order valence-electron chi connectivity index (χ2n) is 15.5. The molecule has 21 heteroatoms. The topological polar surface area (TPSA) is 114 Å². The monoisotopic (exact) mass is 1050 g/mol. The van der Waals surface area contributed by atoms with Crippen molar-refractivity contribution >= 4 is 19.7 Å². The van der Waals surface area contributed by atoms with E-state index >= 15 is 0 Å². The number of alkyl halides is 10. The van der Waals surface area contributed by atoms with Gasteiger partial charge < -0.3 is 23.7 Å². The summed E-state index contributed by atoms with van der Waals surface area (Å²) in [6.45, 7) is 0. The molecular formula is C52H32F10O9S2. The molecule has 0 saturated carbocycles. The third-order valence-electron chi connectivity index (χ3n) is 10.4. The fourth-order valence-corrected chi connectivity index (χ4v) is 9.04. The maximum Gasteiger partial charge on any atom is 0.469 e. The molecule has 0 aromatic heterocycles. The fraction of sp³-hybridized carbons (Fsp3) is 0.0769. The molecule has 0 aliphatic carbocycles. The third-order valence-corrected chi connectivity index (χ3v) is 14.0. The Morgan fingerprint density at radius 3 is 0.918 bits per heavy atom. The summed E-state index contributed by atoms with van der Waals surface area (Å²) < 4.78 is 212. The van der Waals surface area contributed by atoms with E-state index in [1.54, 1.807) is 133 Å². The molecule has 8 rings (SSSR count). The van der Waals surface area contributed by atoms with Crippen LogP contribution in [0.3, 0.4) is 0 Å². The number of para-hydroxylation sites is 2. The van der Waals surface area contributed by atoms with E-state index < -0.39 is 52.3 Å². The number of benzene rings is 8. The van der Waals surface area contributed by atoms with Crippen molar-refractivity contribution in [2.45, 2.75) is 32.7 Å². The first kappa shape index (κ1) is 51.3. The molecule has 9 nitrogen and oxygen atoms in total. The maximum atomic E-state index is 13.8. The Kier molecular flexibility index (Phi) is 14.0. The molecule has 0 atom stereocenters. The van der Waals surface area contributed by atoms with E-state index in [-0.39, 0.29) is 23.0 Å². The van der Waals surface area contributed by atoms with Gasteiger partial charge in [-0.2, -0.15) is 43.9 Å². The van der Waals surface area contributed by atoms with Crippen LogP contribution in [0.1, 0.15) is 0 Å². The second-order valence-corrected chi connectivity index (χ2v) is 19.5. The maximum absolute atomic E-state index is 13.8. The van der Waals surface area contributed by atoms with Crippen molar-refractivity contribution in [3.05, 3.63) is 194 Å². The molecular weight excluding hydrogens is 1020 g/mol. The minimum absolute atomic E-state index is 0.0766. The Hall–Kier alpha value is -8.04. The third kappa shape index (κ3) is 10.9. The van der Waals surface area contributed by atoms with Crippen LogP contribution >= 0.6 is 0 Å². The summed E-state index contributed by atoms with van der Waals surface area (Å²) in [7, 11) is -12.3. The van der Waals surface area contributed by atoms with Crippen LogP contribution in [0.5, 0.6) is 57.5 Å². The van der Waals surface area contributed by atoms with Crippen molar-refractivity contribution in [3.8, 4) is 79.7 Å². The quantitative estimate of drug-likeness (QED) is 0.0873. The Labute approximate surface area is 409 Å². The van der Waals surface area contributed by atoms with Crippen molar-refractivity contribution in [3.63, 3.8) is 0 Å². The first-order chi connectivity index (χ1) is 34.4. The van der Waals surface area contributed by atoms with Gasteiger partial charge in [-0.15, -0.1) is 0 Å². The molecule has 0 N–H and O–H groups in total. The van der Waals surface area contributed by atoms with Crippen molar-refractivity contribution in [1.29, 1.82) is 0 Å². The minimum atomic E-state index is -6.34. The highest BCUT2D eigenvalue weighted by Gasteiger charge is 2.68. The number of hydrogen-bond donors (Lipinski definition) is 0. The van der Waals surface area contributed by atoms with Crippen LogP contribution in [-0.4, -0.2) is 39.7 Å². The molecule has 8 aromatic carbocycles. The first-order valence-corrected chi connectivity index (χ1v) is 24.0. The van der Waals surface area contributed by atoms with E-state index in [9.17, 15) is 60.7 Å². The highest BCUT2D eigenvalue weighted by Crippen LogP contribution is 2.46. The van der Waals surface area contributed by atoms with Crippen molar-refractivity contribution in [2.24, 2.45) is 0 Å². The van der Waals surface area contributed by atoms with Gasteiger partial charge in [0.1, 0.15) is 57.5 Å². The molecule has 0 radical (unpaired) electrons. The predicted octanol–water partition coefficient (Wildman–Crippen LogP) is 15.8. The van der Waals surface area contributed by atoms with Gasteiger partial charge >= 0.3 is 22.9 Å². The summed E-state index contributed by atoms with van der Waals surface area (Å²) >= 11 is 0. The van der Waals surface area contributed by atoms with Crippen LogP contribution in [-0.2, 0) is 19.7 Å². The molecule has 0 amide bonds. The average Bonchev–Trinajstić information content (AvgIpc) is 3.34. The van der Waals surface area contributed by atoms with Crippen LogP contribution in [0.15, 0.2) is 204 Å². The van der Waals surface area contributed by atoms with E-state index in [2.05, 4.69) is 0 Å². The van der Waals surface area contributed by atoms with Crippen LogP contribution in [0, 0.1) is 0 Å². The Bertz CT molecular complexity index is 3250. The zero-order valence-corrected chi connectivity index (χ0v) is 38.4. The van der Waals surface area contributed by atoms with E-state index in [1.807, 2.05) is 0 Å². The largest absolute Gasteiger partial charge is 0.469 e. The second kappa shape index (κ2) is 19.9. The molecule has 0 spiro atoms. The number of hydrogen-bond acceptors (Lipinski definition) is 9. The summed E-state index contributed by atoms with van der Waals surface area (Å²) in [4.78, 5) is -2.53. The zero-order valence-electron chi connectivity index (χ0n) is 36.7. The number of halogens is 10. The van der Waals surface area contributed by atoms with Crippen molar-refractivity contribution in [1.82, 2.24) is 0 Å². The summed E-state index contributed by atoms with van der Waals surface area (Å²) in [5.74, 6) is 2.27. The van der Waals surface area contributed by atoms with Gasteiger partial charge in [0.15, 0.2) is 0 Å². The highest BCUT2D eigenvalue weighted by molar-refractivity contribution is 7.92. The van der Waals surface area contributed by atoms with Gasteiger partial charge in [-0.1, -0.05) is 60.7 Å². The van der Waals surface area contributed by atoms with Gasteiger partial charge in [0.2, 0.25) is 0 Å². The molecule has 0 fully saturated rings. The molecule has 0 unspecified atom stereocenters. The van der Waals surface area contributed by atoms with Crippen LogP contribution in [0.2, 0.25) is 0 Å². The van der Waals surface area contributed by atoms with Crippen molar-refractivity contribution in [2.75, 3.05) is 0 Å². The van der Waals surface area contributed by atoms with Gasteiger partial charge in [0, 0.05) is 23.3 Å². The minimum Gasteiger partial charge on any atom is -0.457 e. The van der Waals surface area contributed by atoms with E-state index in [0.717, 1.165) is 24.3 Å². The summed E-state index contributed by atoms with van der Waals surface area (Å²) in [6, 6.07) is 46.3. The van der Waals surface area contributed by atoms with Gasteiger partial charge in [-0.05, 0) is 132 Å². The lowest BCUT2D eigenvalue weighted by Crippen LogP contribution is -2.43. The standard InChI is InChI=1S/C52H32F10O9S2/c53-49(54,55)51(59,60)72(63,64)43-23-17-37(18-24-43)67-39-15-7-9-33(29-39)45-27-21-41(31-47(45)70-35-11-3-1-4-12-35)69-42-22-28-46(48(32-42)71-36-13-5-2-6-14-36)34-10-8-16-40(30-34)68-38-19-25-44(26-20-38)73(65,66)52(61,62)50(56,57)58/h1-32H. The fourth-order valence-electron chi connectivity index (χ4n) is 6.85. The molecule has 376 valence electrons. The molecule has 0 bridgehead atoms. The predicted molar refractivity (Wildman–Crippen MR) is 246 cm³/mol. The van der Waals surface area contributed by atoms with Gasteiger partial charge in [-0.25, -0.2) is 16.8 Å². The van der Waals surface area contributed by atoms with Crippen LogP contribution in [0.4, 0.5) is 43.9 Å². The Balaban J connectivity index is 1.06.